The highest BCUT2D eigenvalue weighted by Gasteiger charge is 2.48. The smallest absolute Gasteiger partial charge is 0.0704 e. The molecule has 2 heteroatoms. The third-order valence-corrected chi connectivity index (χ3v) is 6.32. The minimum atomic E-state index is 0.544. The summed E-state index contributed by atoms with van der Waals surface area (Å²) in [6.45, 7) is 8.76. The summed E-state index contributed by atoms with van der Waals surface area (Å²) in [7, 11) is 0. The summed E-state index contributed by atoms with van der Waals surface area (Å²) in [6.07, 6.45) is 14.6. The molecule has 136 valence electrons. The summed E-state index contributed by atoms with van der Waals surface area (Å²) < 4.78 is 12.0. The van der Waals surface area contributed by atoms with Crippen LogP contribution in [-0.4, -0.2) is 25.9 Å². The molecule has 4 rings (SSSR count). The molecule has 4 bridgehead atoms. The molecule has 0 unspecified atom stereocenters. The first kappa shape index (κ1) is 18.2. The molecular weight excluding hydrogens is 296 g/mol. The first-order valence-corrected chi connectivity index (χ1v) is 10.1. The van der Waals surface area contributed by atoms with Crippen LogP contribution in [0.1, 0.15) is 65.7 Å². The van der Waals surface area contributed by atoms with Gasteiger partial charge in [0.05, 0.1) is 25.9 Å². The highest BCUT2D eigenvalue weighted by Crippen LogP contribution is 2.54. The molecule has 0 radical (unpaired) electrons. The van der Waals surface area contributed by atoms with E-state index in [0.717, 1.165) is 56.3 Å². The van der Waals surface area contributed by atoms with Crippen LogP contribution in [0.5, 0.6) is 0 Å². The van der Waals surface area contributed by atoms with Crippen LogP contribution in [0.4, 0.5) is 0 Å². The SMILES string of the molecule is CC(C)=CCCC(C)=CCOCCOC1C2CC3CC(C2)CC1C3. The van der Waals surface area contributed by atoms with Crippen molar-refractivity contribution in [1.82, 2.24) is 0 Å². The van der Waals surface area contributed by atoms with Crippen molar-refractivity contribution >= 4 is 0 Å². The van der Waals surface area contributed by atoms with Gasteiger partial charge in [0, 0.05) is 0 Å². The molecule has 0 N–H and O–H groups in total. The molecule has 0 atom stereocenters. The van der Waals surface area contributed by atoms with Crippen LogP contribution in [0.2, 0.25) is 0 Å². The Kier molecular flexibility index (Phi) is 6.57. The van der Waals surface area contributed by atoms with Crippen molar-refractivity contribution in [2.24, 2.45) is 23.7 Å². The lowest BCUT2D eigenvalue weighted by molar-refractivity contribution is -0.132. The molecular formula is C22H36O2. The second-order valence-electron chi connectivity index (χ2n) is 8.71. The maximum absolute atomic E-state index is 6.26. The van der Waals surface area contributed by atoms with E-state index >= 15 is 0 Å². The fraction of sp³-hybridized carbons (Fsp3) is 0.818. The van der Waals surface area contributed by atoms with Crippen LogP contribution < -0.4 is 0 Å². The first-order valence-electron chi connectivity index (χ1n) is 10.1. The summed E-state index contributed by atoms with van der Waals surface area (Å²) in [5, 5.41) is 0. The van der Waals surface area contributed by atoms with Gasteiger partial charge >= 0.3 is 0 Å². The van der Waals surface area contributed by atoms with E-state index in [0.29, 0.717) is 6.10 Å². The Hall–Kier alpha value is -0.600. The average molecular weight is 333 g/mol. The van der Waals surface area contributed by atoms with Crippen molar-refractivity contribution in [3.05, 3.63) is 23.3 Å². The standard InChI is InChI=1S/C22H36O2/c1-16(2)5-4-6-17(3)7-8-23-9-10-24-22-20-12-18-11-19(14-20)15-21(22)13-18/h5,7,18-22H,4,6,8-15H2,1-3H3. The van der Waals surface area contributed by atoms with Gasteiger partial charge in [-0.1, -0.05) is 23.3 Å². The molecule has 4 fully saturated rings. The predicted molar refractivity (Wildman–Crippen MR) is 100 cm³/mol. The van der Waals surface area contributed by atoms with Gasteiger partial charge in [-0.05, 0) is 89.4 Å². The molecule has 0 aromatic rings. The Morgan fingerprint density at radius 1 is 0.875 bits per heavy atom. The molecule has 0 spiro atoms. The van der Waals surface area contributed by atoms with Crippen LogP contribution in [0.15, 0.2) is 23.3 Å². The highest BCUT2D eigenvalue weighted by atomic mass is 16.5. The Morgan fingerprint density at radius 3 is 2.17 bits per heavy atom. The lowest BCUT2D eigenvalue weighted by Crippen LogP contribution is -2.49. The van der Waals surface area contributed by atoms with Gasteiger partial charge in [0.1, 0.15) is 0 Å². The van der Waals surface area contributed by atoms with Crippen molar-refractivity contribution < 1.29 is 9.47 Å². The zero-order chi connectivity index (χ0) is 16.9. The maximum Gasteiger partial charge on any atom is 0.0704 e. The van der Waals surface area contributed by atoms with Crippen molar-refractivity contribution in [3.8, 4) is 0 Å². The highest BCUT2D eigenvalue weighted by molar-refractivity contribution is 5.02. The van der Waals surface area contributed by atoms with Crippen LogP contribution in [-0.2, 0) is 9.47 Å². The third kappa shape index (κ3) is 4.95. The van der Waals surface area contributed by atoms with Crippen LogP contribution >= 0.6 is 0 Å². The average Bonchev–Trinajstić information content (AvgIpc) is 2.51. The van der Waals surface area contributed by atoms with Crippen molar-refractivity contribution in [2.75, 3.05) is 19.8 Å². The third-order valence-electron chi connectivity index (χ3n) is 6.32. The number of rotatable bonds is 9. The van der Waals surface area contributed by atoms with E-state index < -0.39 is 0 Å². The molecule has 24 heavy (non-hydrogen) atoms. The quantitative estimate of drug-likeness (QED) is 0.408. The molecule has 4 saturated carbocycles. The molecule has 4 aliphatic carbocycles. The van der Waals surface area contributed by atoms with Crippen LogP contribution in [0.25, 0.3) is 0 Å². The van der Waals surface area contributed by atoms with Crippen LogP contribution in [0.3, 0.4) is 0 Å². The Bertz CT molecular complexity index is 431. The number of ether oxygens (including phenoxy) is 2. The minimum Gasteiger partial charge on any atom is -0.375 e. The van der Waals surface area contributed by atoms with Gasteiger partial charge < -0.3 is 9.47 Å². The molecule has 4 aliphatic rings. The number of allylic oxidation sites excluding steroid dienone is 3. The predicted octanol–water partition coefficient (Wildman–Crippen LogP) is 5.54. The minimum absolute atomic E-state index is 0.544. The topological polar surface area (TPSA) is 18.5 Å². The van der Waals surface area contributed by atoms with E-state index in [1.165, 1.54) is 43.3 Å². The van der Waals surface area contributed by atoms with E-state index in [9.17, 15) is 0 Å². The van der Waals surface area contributed by atoms with E-state index in [2.05, 4.69) is 32.9 Å². The largest absolute Gasteiger partial charge is 0.375 e. The monoisotopic (exact) mass is 332 g/mol. The summed E-state index contributed by atoms with van der Waals surface area (Å²) in [5.41, 5.74) is 2.83. The Labute approximate surface area is 148 Å². The normalized spacial score (nSPS) is 34.6. The van der Waals surface area contributed by atoms with Gasteiger partial charge in [-0.25, -0.2) is 0 Å². The van der Waals surface area contributed by atoms with E-state index in [4.69, 9.17) is 9.47 Å². The summed E-state index contributed by atoms with van der Waals surface area (Å²) in [5.74, 6) is 3.78. The summed E-state index contributed by atoms with van der Waals surface area (Å²) in [6, 6.07) is 0. The lowest BCUT2D eigenvalue weighted by atomic mass is 9.55. The summed E-state index contributed by atoms with van der Waals surface area (Å²) in [4.78, 5) is 0. The molecule has 0 aromatic heterocycles. The summed E-state index contributed by atoms with van der Waals surface area (Å²) >= 11 is 0. The molecule has 0 amide bonds. The van der Waals surface area contributed by atoms with Crippen molar-refractivity contribution in [3.63, 3.8) is 0 Å². The van der Waals surface area contributed by atoms with Crippen molar-refractivity contribution in [2.45, 2.75) is 71.8 Å². The zero-order valence-electron chi connectivity index (χ0n) is 15.9. The van der Waals surface area contributed by atoms with Gasteiger partial charge in [0.15, 0.2) is 0 Å². The Balaban J connectivity index is 1.27. The molecule has 2 nitrogen and oxygen atoms in total. The maximum atomic E-state index is 6.26. The van der Waals surface area contributed by atoms with E-state index in [-0.39, 0.29) is 0 Å². The Morgan fingerprint density at radius 2 is 1.54 bits per heavy atom. The van der Waals surface area contributed by atoms with Crippen LogP contribution in [0, 0.1) is 23.7 Å². The fourth-order valence-corrected chi connectivity index (χ4v) is 5.37. The van der Waals surface area contributed by atoms with Gasteiger partial charge in [-0.3, -0.25) is 0 Å². The number of hydrogen-bond donors (Lipinski definition) is 0. The van der Waals surface area contributed by atoms with Gasteiger partial charge in [-0.2, -0.15) is 0 Å². The molecule has 0 saturated heterocycles. The molecule has 0 heterocycles. The van der Waals surface area contributed by atoms with E-state index in [1.54, 1.807) is 0 Å². The first-order chi connectivity index (χ1) is 11.6. The number of hydrogen-bond acceptors (Lipinski definition) is 2. The van der Waals surface area contributed by atoms with Gasteiger partial charge in [0.25, 0.3) is 0 Å². The second-order valence-corrected chi connectivity index (χ2v) is 8.71. The van der Waals surface area contributed by atoms with Crippen molar-refractivity contribution in [1.29, 1.82) is 0 Å². The molecule has 0 aliphatic heterocycles. The van der Waals surface area contributed by atoms with E-state index in [1.807, 2.05) is 0 Å². The molecule has 0 aromatic carbocycles. The van der Waals surface area contributed by atoms with Gasteiger partial charge in [0.2, 0.25) is 0 Å². The van der Waals surface area contributed by atoms with Gasteiger partial charge in [-0.15, -0.1) is 0 Å². The second kappa shape index (κ2) is 8.67. The zero-order valence-corrected chi connectivity index (χ0v) is 15.9. The lowest BCUT2D eigenvalue weighted by Gasteiger charge is -2.54. The fourth-order valence-electron chi connectivity index (χ4n) is 5.37.